The molecule has 5 rings (SSSR count). The fraction of sp³-hybridized carbons (Fsp3) is 0.538. The molecule has 0 bridgehead atoms. The van der Waals surface area contributed by atoms with Crippen LogP contribution in [0.2, 0.25) is 0 Å². The van der Waals surface area contributed by atoms with Crippen molar-refractivity contribution in [3.63, 3.8) is 0 Å². The zero-order valence-electron chi connectivity index (χ0n) is 21.5. The average Bonchev–Trinajstić information content (AvgIpc) is 3.61. The summed E-state index contributed by atoms with van der Waals surface area (Å²) in [6, 6.07) is 2.30. The minimum Gasteiger partial charge on any atom is -0.303 e. The van der Waals surface area contributed by atoms with Crippen molar-refractivity contribution < 1.29 is 13.2 Å². The van der Waals surface area contributed by atoms with Gasteiger partial charge in [0.1, 0.15) is 11.3 Å². The normalized spacial score (nSPS) is 18.9. The van der Waals surface area contributed by atoms with Crippen LogP contribution in [0.3, 0.4) is 0 Å². The van der Waals surface area contributed by atoms with Gasteiger partial charge in [-0.05, 0) is 63.1 Å². The number of fused-ring (bicyclic) bond motifs is 1. The van der Waals surface area contributed by atoms with Crippen LogP contribution in [0.5, 0.6) is 0 Å². The van der Waals surface area contributed by atoms with Gasteiger partial charge in [-0.15, -0.1) is 11.3 Å². The molecule has 1 aliphatic rings. The number of rotatable bonds is 7. The summed E-state index contributed by atoms with van der Waals surface area (Å²) in [5.74, 6) is 0.617. The molecule has 1 fully saturated rings. The van der Waals surface area contributed by atoms with Crippen molar-refractivity contribution in [1.82, 2.24) is 34.7 Å². The number of pyridine rings is 1. The zero-order chi connectivity index (χ0) is 26.3. The monoisotopic (exact) mass is 531 g/mol. The number of aromatic amines is 1. The second-order valence-corrected chi connectivity index (χ2v) is 11.4. The van der Waals surface area contributed by atoms with Crippen LogP contribution in [0.1, 0.15) is 73.8 Å². The summed E-state index contributed by atoms with van der Waals surface area (Å²) in [7, 11) is 1.81. The van der Waals surface area contributed by atoms with Gasteiger partial charge in [-0.2, -0.15) is 23.4 Å². The summed E-state index contributed by atoms with van der Waals surface area (Å²) in [4.78, 5) is 12.2. The number of thiazole rings is 1. The Morgan fingerprint density at radius 2 is 1.95 bits per heavy atom. The molecule has 1 N–H and O–H groups in total. The van der Waals surface area contributed by atoms with E-state index in [4.69, 9.17) is 10.1 Å². The summed E-state index contributed by atoms with van der Waals surface area (Å²) >= 11 is 1.69. The van der Waals surface area contributed by atoms with E-state index in [9.17, 15) is 13.2 Å². The molecule has 4 aromatic rings. The van der Waals surface area contributed by atoms with E-state index < -0.39 is 12.6 Å². The summed E-state index contributed by atoms with van der Waals surface area (Å²) in [5.41, 5.74) is 5.80. The van der Waals surface area contributed by atoms with Gasteiger partial charge in [-0.1, -0.05) is 13.8 Å². The van der Waals surface area contributed by atoms with E-state index >= 15 is 0 Å². The molecule has 11 heteroatoms. The van der Waals surface area contributed by atoms with E-state index in [2.05, 4.69) is 35.1 Å². The zero-order valence-corrected chi connectivity index (χ0v) is 22.3. The summed E-state index contributed by atoms with van der Waals surface area (Å²) in [6.07, 6.45) is 4.36. The van der Waals surface area contributed by atoms with Crippen molar-refractivity contribution in [2.45, 2.75) is 76.9 Å². The predicted octanol–water partition coefficient (Wildman–Crippen LogP) is 6.59. The maximum absolute atomic E-state index is 12.6. The van der Waals surface area contributed by atoms with Gasteiger partial charge >= 0.3 is 6.18 Å². The standard InChI is InChI=1S/C26H32F3N7S/c1-15(2)21-22(18-11-16(3)24-31-14-32-36(24)13-18)33-34-23(21)25-30-12-20(37-25)17-5-7-19(8-6-17)35(4)10-9-26(27,28)29/h11-15,17,19H,5-10H2,1-4H3,(H,33,34). The largest absolute Gasteiger partial charge is 0.390 e. The van der Waals surface area contributed by atoms with Gasteiger partial charge < -0.3 is 4.90 Å². The van der Waals surface area contributed by atoms with E-state index in [1.165, 1.54) is 4.88 Å². The number of H-pyrrole nitrogens is 1. The third-order valence-corrected chi connectivity index (χ3v) is 8.60. The van der Waals surface area contributed by atoms with Crippen LogP contribution >= 0.6 is 11.3 Å². The van der Waals surface area contributed by atoms with Gasteiger partial charge in [0.25, 0.3) is 0 Å². The van der Waals surface area contributed by atoms with Crippen molar-refractivity contribution >= 4 is 17.0 Å². The van der Waals surface area contributed by atoms with Crippen molar-refractivity contribution in [3.05, 3.63) is 40.8 Å². The molecule has 4 heterocycles. The maximum Gasteiger partial charge on any atom is 0.390 e. The molecule has 1 saturated carbocycles. The lowest BCUT2D eigenvalue weighted by Gasteiger charge is -2.34. The lowest BCUT2D eigenvalue weighted by molar-refractivity contribution is -0.138. The van der Waals surface area contributed by atoms with E-state index in [0.29, 0.717) is 5.92 Å². The van der Waals surface area contributed by atoms with Crippen LogP contribution in [0.25, 0.3) is 27.6 Å². The van der Waals surface area contributed by atoms with Crippen LogP contribution in [0, 0.1) is 6.92 Å². The Labute approximate surface area is 218 Å². The number of halogens is 3. The molecule has 0 amide bonds. The number of hydrogen-bond acceptors (Lipinski definition) is 6. The third kappa shape index (κ3) is 5.43. The molecular formula is C26H32F3N7S. The molecule has 7 nitrogen and oxygen atoms in total. The van der Waals surface area contributed by atoms with Gasteiger partial charge in [-0.25, -0.2) is 14.5 Å². The highest BCUT2D eigenvalue weighted by molar-refractivity contribution is 7.15. The molecule has 0 radical (unpaired) electrons. The van der Waals surface area contributed by atoms with Gasteiger partial charge in [0, 0.05) is 41.0 Å². The first-order chi connectivity index (χ1) is 17.6. The number of nitrogens with one attached hydrogen (secondary N) is 1. The Morgan fingerprint density at radius 1 is 1.19 bits per heavy atom. The molecule has 1 aliphatic carbocycles. The van der Waals surface area contributed by atoms with E-state index in [-0.39, 0.29) is 18.5 Å². The molecule has 0 aromatic carbocycles. The Hall–Kier alpha value is -2.79. The quantitative estimate of drug-likeness (QED) is 0.291. The third-order valence-electron chi connectivity index (χ3n) is 7.42. The first-order valence-electron chi connectivity index (χ1n) is 12.7. The number of aryl methyl sites for hydroxylation is 1. The molecule has 198 valence electrons. The number of alkyl halides is 3. The van der Waals surface area contributed by atoms with E-state index in [1.54, 1.807) is 22.2 Å². The summed E-state index contributed by atoms with van der Waals surface area (Å²) in [5, 5.41) is 13.2. The van der Waals surface area contributed by atoms with Crippen LogP contribution in [-0.2, 0) is 0 Å². The number of hydrogen-bond donors (Lipinski definition) is 1. The molecule has 37 heavy (non-hydrogen) atoms. The van der Waals surface area contributed by atoms with Crippen LogP contribution in [0.15, 0.2) is 24.8 Å². The molecule has 0 unspecified atom stereocenters. The van der Waals surface area contributed by atoms with Gasteiger partial charge in [-0.3, -0.25) is 5.10 Å². The smallest absolute Gasteiger partial charge is 0.303 e. The number of aromatic nitrogens is 6. The van der Waals surface area contributed by atoms with Crippen molar-refractivity contribution in [3.8, 4) is 22.0 Å². The molecule has 4 aromatic heterocycles. The molecule has 0 saturated heterocycles. The summed E-state index contributed by atoms with van der Waals surface area (Å²) in [6.45, 7) is 6.40. The van der Waals surface area contributed by atoms with Gasteiger partial charge in [0.2, 0.25) is 0 Å². The van der Waals surface area contributed by atoms with Gasteiger partial charge in [0.15, 0.2) is 5.65 Å². The van der Waals surface area contributed by atoms with Gasteiger partial charge in [0.05, 0.1) is 17.8 Å². The van der Waals surface area contributed by atoms with E-state index in [1.807, 2.05) is 31.3 Å². The predicted molar refractivity (Wildman–Crippen MR) is 139 cm³/mol. The second kappa shape index (κ2) is 10.2. The highest BCUT2D eigenvalue weighted by Crippen LogP contribution is 2.42. The van der Waals surface area contributed by atoms with Crippen LogP contribution in [0.4, 0.5) is 13.2 Å². The minimum absolute atomic E-state index is 0.0625. The topological polar surface area (TPSA) is 75.0 Å². The van der Waals surface area contributed by atoms with Crippen molar-refractivity contribution in [1.29, 1.82) is 0 Å². The fourth-order valence-electron chi connectivity index (χ4n) is 5.40. The van der Waals surface area contributed by atoms with Crippen molar-refractivity contribution in [2.75, 3.05) is 13.6 Å². The summed E-state index contributed by atoms with van der Waals surface area (Å²) < 4.78 is 39.6. The Kier molecular flexibility index (Phi) is 7.10. The Morgan fingerprint density at radius 3 is 2.65 bits per heavy atom. The lowest BCUT2D eigenvalue weighted by Crippen LogP contribution is -2.36. The molecule has 0 atom stereocenters. The van der Waals surface area contributed by atoms with Crippen LogP contribution in [-0.4, -0.2) is 60.5 Å². The minimum atomic E-state index is -4.10. The van der Waals surface area contributed by atoms with E-state index in [0.717, 1.165) is 64.4 Å². The molecule has 0 aliphatic heterocycles. The first-order valence-corrected chi connectivity index (χ1v) is 13.5. The average molecular weight is 532 g/mol. The highest BCUT2D eigenvalue weighted by Gasteiger charge is 2.31. The highest BCUT2D eigenvalue weighted by atomic mass is 32.1. The maximum atomic E-state index is 12.6. The molecule has 0 spiro atoms. The Bertz CT molecular complexity index is 1360. The fourth-order valence-corrected chi connectivity index (χ4v) is 6.49. The van der Waals surface area contributed by atoms with Crippen molar-refractivity contribution in [2.24, 2.45) is 0 Å². The molecular weight excluding hydrogens is 499 g/mol. The SMILES string of the molecule is Cc1cc(-c2n[nH]c(-c3ncc(C4CCC(N(C)CCC(F)(F)F)CC4)s3)c2C(C)C)cn2ncnc12. The lowest BCUT2D eigenvalue weighted by atomic mass is 9.85. The second-order valence-electron chi connectivity index (χ2n) is 10.4. The number of nitrogens with zero attached hydrogens (tertiary/aromatic N) is 6. The Balaban J connectivity index is 1.33. The van der Waals surface area contributed by atoms with Crippen LogP contribution < -0.4 is 0 Å². The first kappa shape index (κ1) is 25.8.